The molecule has 3 nitrogen and oxygen atoms in total. The van der Waals surface area contributed by atoms with Gasteiger partial charge in [0.2, 0.25) is 0 Å². The molecule has 1 spiro atoms. The maximum atomic E-state index is 12.7. The molecule has 4 fully saturated rings. The van der Waals surface area contributed by atoms with Gasteiger partial charge in [-0.15, -0.1) is 0 Å². The standard InChI is InChI=1S/C18H20O3Se/c19-16-8-4-5-12-9-14-10-13(18(12,16)17(20)21-14)11-22-15-6-2-1-3-7-15/h1-3,6-7,12-14H,4-5,8-11H2/t12-,13+,14-,18+/m1/s1. The number of Topliss-reactive ketones (excluding diaryl/α,β-unsaturated/α-hetero) is 1. The Bertz CT molecular complexity index is 590. The molecule has 1 aromatic carbocycles. The first-order valence-corrected chi connectivity index (χ1v) is 10.2. The van der Waals surface area contributed by atoms with Crippen LogP contribution in [0.15, 0.2) is 30.3 Å². The summed E-state index contributed by atoms with van der Waals surface area (Å²) in [5.74, 6) is 0.412. The Morgan fingerprint density at radius 3 is 2.82 bits per heavy atom. The van der Waals surface area contributed by atoms with E-state index in [0.717, 1.165) is 31.0 Å². The van der Waals surface area contributed by atoms with Crippen molar-refractivity contribution < 1.29 is 14.3 Å². The minimum absolute atomic E-state index is 0.0573. The van der Waals surface area contributed by atoms with Gasteiger partial charge in [-0.3, -0.25) is 0 Å². The summed E-state index contributed by atoms with van der Waals surface area (Å²) in [6.45, 7) is 0. The summed E-state index contributed by atoms with van der Waals surface area (Å²) in [5.41, 5.74) is -0.788. The van der Waals surface area contributed by atoms with Crippen LogP contribution in [0.4, 0.5) is 0 Å². The quantitative estimate of drug-likeness (QED) is 0.470. The number of rotatable bonds is 3. The first kappa shape index (κ1) is 14.5. The van der Waals surface area contributed by atoms with Crippen LogP contribution in [0.3, 0.4) is 0 Å². The first-order chi connectivity index (χ1) is 10.7. The second-order valence-electron chi connectivity index (χ2n) is 6.70. The summed E-state index contributed by atoms with van der Waals surface area (Å²) in [7, 11) is 0. The van der Waals surface area contributed by atoms with Crippen LogP contribution >= 0.6 is 0 Å². The second kappa shape index (κ2) is 5.50. The minimum atomic E-state index is -0.788. The Labute approximate surface area is 137 Å². The van der Waals surface area contributed by atoms with Gasteiger partial charge >= 0.3 is 137 Å². The van der Waals surface area contributed by atoms with Gasteiger partial charge in [0.05, 0.1) is 0 Å². The fraction of sp³-hybridized carbons (Fsp3) is 0.556. The van der Waals surface area contributed by atoms with E-state index in [4.69, 9.17) is 4.74 Å². The molecular formula is C18H20O3Se. The van der Waals surface area contributed by atoms with Crippen LogP contribution in [-0.2, 0) is 14.3 Å². The molecule has 116 valence electrons. The van der Waals surface area contributed by atoms with E-state index >= 15 is 0 Å². The second-order valence-corrected chi connectivity index (χ2v) is 9.00. The number of ketones is 1. The predicted octanol–water partition coefficient (Wildman–Crippen LogP) is 2.13. The van der Waals surface area contributed by atoms with Crippen molar-refractivity contribution in [1.29, 1.82) is 0 Å². The van der Waals surface area contributed by atoms with Gasteiger partial charge in [-0.1, -0.05) is 0 Å². The Morgan fingerprint density at radius 1 is 1.18 bits per heavy atom. The third-order valence-corrected chi connectivity index (χ3v) is 8.07. The van der Waals surface area contributed by atoms with Gasteiger partial charge in [0.25, 0.3) is 0 Å². The number of benzene rings is 1. The number of ether oxygens (including phenoxy) is 1. The van der Waals surface area contributed by atoms with Crippen LogP contribution in [0.1, 0.15) is 32.1 Å². The number of fused-ring (bicyclic) bond motifs is 2. The van der Waals surface area contributed by atoms with E-state index in [-0.39, 0.29) is 29.7 Å². The third-order valence-electron chi connectivity index (χ3n) is 5.61. The zero-order chi connectivity index (χ0) is 15.2. The topological polar surface area (TPSA) is 43.4 Å². The molecule has 4 atom stereocenters. The van der Waals surface area contributed by atoms with Gasteiger partial charge in [-0.05, 0) is 0 Å². The van der Waals surface area contributed by atoms with Crippen molar-refractivity contribution in [2.24, 2.45) is 17.3 Å². The van der Waals surface area contributed by atoms with E-state index in [0.29, 0.717) is 21.4 Å². The first-order valence-electron chi connectivity index (χ1n) is 8.13. The molecule has 1 aromatic rings. The van der Waals surface area contributed by atoms with Crippen molar-refractivity contribution in [3.05, 3.63) is 30.3 Å². The van der Waals surface area contributed by atoms with E-state index in [1.807, 2.05) is 6.07 Å². The fourth-order valence-electron chi connectivity index (χ4n) is 4.66. The molecule has 2 aliphatic heterocycles. The third kappa shape index (κ3) is 2.08. The Balaban J connectivity index is 1.61. The van der Waals surface area contributed by atoms with Crippen molar-refractivity contribution in [2.75, 3.05) is 0 Å². The molecule has 5 rings (SSSR count). The molecule has 4 heteroatoms. The summed E-state index contributed by atoms with van der Waals surface area (Å²) in [4.78, 5) is 25.4. The molecule has 2 saturated carbocycles. The molecule has 4 aliphatic rings. The molecule has 0 aromatic heterocycles. The fourth-order valence-corrected chi connectivity index (χ4v) is 7.05. The molecule has 2 saturated heterocycles. The Kier molecular flexibility index (Phi) is 3.62. The average molecular weight is 363 g/mol. The predicted molar refractivity (Wildman–Crippen MR) is 84.0 cm³/mol. The van der Waals surface area contributed by atoms with Crippen molar-refractivity contribution in [1.82, 2.24) is 0 Å². The molecule has 0 amide bonds. The number of carbonyl (C=O) groups is 2. The van der Waals surface area contributed by atoms with Crippen molar-refractivity contribution in [3.8, 4) is 0 Å². The molecule has 0 radical (unpaired) electrons. The number of carbonyl (C=O) groups excluding carboxylic acids is 2. The van der Waals surface area contributed by atoms with E-state index in [9.17, 15) is 9.59 Å². The van der Waals surface area contributed by atoms with E-state index in [1.165, 1.54) is 4.46 Å². The van der Waals surface area contributed by atoms with E-state index < -0.39 is 5.41 Å². The maximum absolute atomic E-state index is 12.7. The number of hydrogen-bond donors (Lipinski definition) is 0. The van der Waals surface area contributed by atoms with Crippen molar-refractivity contribution in [2.45, 2.75) is 43.5 Å². The normalized spacial score (nSPS) is 36.8. The average Bonchev–Trinajstić information content (AvgIpc) is 2.53. The van der Waals surface area contributed by atoms with Gasteiger partial charge in [-0.25, -0.2) is 0 Å². The van der Waals surface area contributed by atoms with Crippen LogP contribution < -0.4 is 4.46 Å². The summed E-state index contributed by atoms with van der Waals surface area (Å²) >= 11 is 0.320. The van der Waals surface area contributed by atoms with Crippen LogP contribution in [0.2, 0.25) is 5.32 Å². The molecular weight excluding hydrogens is 343 g/mol. The zero-order valence-corrected chi connectivity index (χ0v) is 14.2. The Hall–Kier alpha value is -1.12. The molecule has 2 aliphatic carbocycles. The van der Waals surface area contributed by atoms with Gasteiger partial charge in [0, 0.05) is 0 Å². The zero-order valence-electron chi connectivity index (χ0n) is 12.5. The van der Waals surface area contributed by atoms with Crippen molar-refractivity contribution in [3.63, 3.8) is 0 Å². The van der Waals surface area contributed by atoms with Crippen LogP contribution in [0.25, 0.3) is 0 Å². The van der Waals surface area contributed by atoms with Gasteiger partial charge in [0.15, 0.2) is 0 Å². The van der Waals surface area contributed by atoms with Gasteiger partial charge in [-0.2, -0.15) is 0 Å². The molecule has 0 unspecified atom stereocenters. The van der Waals surface area contributed by atoms with Crippen LogP contribution in [0.5, 0.6) is 0 Å². The van der Waals surface area contributed by atoms with Gasteiger partial charge < -0.3 is 0 Å². The van der Waals surface area contributed by atoms with E-state index in [1.54, 1.807) is 0 Å². The summed E-state index contributed by atoms with van der Waals surface area (Å²) in [5, 5.41) is 0.977. The van der Waals surface area contributed by atoms with E-state index in [2.05, 4.69) is 24.3 Å². The molecule has 0 N–H and O–H groups in total. The molecule has 2 bridgehead atoms. The Morgan fingerprint density at radius 2 is 2.00 bits per heavy atom. The summed E-state index contributed by atoms with van der Waals surface area (Å²) in [6, 6.07) is 10.4. The SMILES string of the molecule is O=C1CCC[C@@H]2C[C@@H]3C[C@@H](C[Se]c4ccccc4)[C@]12C(=O)O3. The summed E-state index contributed by atoms with van der Waals surface area (Å²) < 4.78 is 6.89. The van der Waals surface area contributed by atoms with Gasteiger partial charge in [0.1, 0.15) is 0 Å². The monoisotopic (exact) mass is 364 g/mol. The number of esters is 1. The number of hydrogen-bond acceptors (Lipinski definition) is 3. The van der Waals surface area contributed by atoms with Crippen LogP contribution in [-0.4, -0.2) is 32.8 Å². The van der Waals surface area contributed by atoms with Crippen LogP contribution in [0, 0.1) is 17.3 Å². The van der Waals surface area contributed by atoms with Crippen molar-refractivity contribution >= 4 is 31.2 Å². The molecule has 2 heterocycles. The molecule has 22 heavy (non-hydrogen) atoms. The summed E-state index contributed by atoms with van der Waals surface area (Å²) in [6.07, 6.45) is 4.38.